The number of amides is 2. The molecular weight excluding hydrogens is 412 g/mol. The summed E-state index contributed by atoms with van der Waals surface area (Å²) in [4.78, 5) is 33.9. The molecule has 12 heteroatoms. The Kier molecular flexibility index (Phi) is 7.41. The minimum atomic E-state index is -0.653. The smallest absolute Gasteiger partial charge is 0.331 e. The van der Waals surface area contributed by atoms with Gasteiger partial charge >= 0.3 is 5.97 Å². The number of amidine groups is 1. The van der Waals surface area contributed by atoms with Gasteiger partial charge in [-0.15, -0.1) is 5.10 Å². The summed E-state index contributed by atoms with van der Waals surface area (Å²) < 4.78 is 14.9. The number of ether oxygens (including phenoxy) is 3. The molecule has 10 nitrogen and oxygen atoms in total. The molecule has 3 N–H and O–H groups in total. The van der Waals surface area contributed by atoms with E-state index in [0.29, 0.717) is 11.3 Å². The maximum absolute atomic E-state index is 11.7. The van der Waals surface area contributed by atoms with Gasteiger partial charge in [-0.1, -0.05) is 11.6 Å². The molecule has 1 aliphatic heterocycles. The average Bonchev–Trinajstić information content (AvgIpc) is 3.00. The molecule has 1 aromatic carbocycles. The van der Waals surface area contributed by atoms with Crippen molar-refractivity contribution in [1.82, 2.24) is 5.32 Å². The van der Waals surface area contributed by atoms with E-state index >= 15 is 0 Å². The minimum absolute atomic E-state index is 0.136. The van der Waals surface area contributed by atoms with Crippen molar-refractivity contribution in [3.63, 3.8) is 0 Å². The van der Waals surface area contributed by atoms with Crippen LogP contribution in [0.1, 0.15) is 5.56 Å². The lowest BCUT2D eigenvalue weighted by atomic mass is 10.2. The van der Waals surface area contributed by atoms with Crippen LogP contribution in [0.3, 0.4) is 0 Å². The van der Waals surface area contributed by atoms with E-state index in [0.717, 1.165) is 17.8 Å². The number of primary amides is 1. The Morgan fingerprint density at radius 3 is 2.71 bits per heavy atom. The molecule has 0 aromatic heterocycles. The number of carbonyl (C=O) groups excluding carboxylic acids is 3. The molecule has 1 heterocycles. The molecule has 28 heavy (non-hydrogen) atoms. The fourth-order valence-corrected chi connectivity index (χ4v) is 2.80. The molecule has 1 fully saturated rings. The summed E-state index contributed by atoms with van der Waals surface area (Å²) in [5, 5.41) is 10.6. The summed E-state index contributed by atoms with van der Waals surface area (Å²) in [7, 11) is 2.62. The van der Waals surface area contributed by atoms with Crippen molar-refractivity contribution in [2.75, 3.05) is 20.8 Å². The number of methoxy groups -OCH3 is 2. The standard InChI is InChI=1S/C16H15ClN4O6S/c1-25-10-3-8(9(17)4-11(10)27-7-13(18)22)6-19-21-16-20-15(24)12(28-16)5-14(23)26-2/h3-6H,7H2,1-2H3,(H2,18,22)(H,20,21,24)/b12-5+,19-6?. The molecular formula is C16H15ClN4O6S. The number of hydrogen-bond donors (Lipinski definition) is 2. The fraction of sp³-hybridized carbons (Fsp3) is 0.188. The number of nitrogens with one attached hydrogen (secondary N) is 1. The largest absolute Gasteiger partial charge is 0.493 e. The Labute approximate surface area is 168 Å². The van der Waals surface area contributed by atoms with E-state index in [4.69, 9.17) is 26.8 Å². The number of halogens is 1. The Morgan fingerprint density at radius 2 is 2.07 bits per heavy atom. The summed E-state index contributed by atoms with van der Waals surface area (Å²) in [6.07, 6.45) is 2.39. The van der Waals surface area contributed by atoms with E-state index < -0.39 is 17.8 Å². The summed E-state index contributed by atoms with van der Waals surface area (Å²) in [6.45, 7) is -0.327. The van der Waals surface area contributed by atoms with E-state index in [1.54, 1.807) is 0 Å². The normalized spacial score (nSPS) is 16.5. The van der Waals surface area contributed by atoms with Crippen molar-refractivity contribution in [3.8, 4) is 11.5 Å². The summed E-state index contributed by atoms with van der Waals surface area (Å²) in [5.41, 5.74) is 5.50. The van der Waals surface area contributed by atoms with Gasteiger partial charge in [0.1, 0.15) is 0 Å². The summed E-state index contributed by atoms with van der Waals surface area (Å²) in [6, 6.07) is 2.98. The SMILES string of the molecule is COC(=O)/C=C1/S/C(=N\N=Cc2cc(OC)c(OCC(N)=O)cc2Cl)NC1=O. The van der Waals surface area contributed by atoms with Gasteiger partial charge < -0.3 is 19.9 Å². The zero-order chi connectivity index (χ0) is 20.7. The van der Waals surface area contributed by atoms with Crippen molar-refractivity contribution in [3.05, 3.63) is 33.7 Å². The lowest BCUT2D eigenvalue weighted by molar-refractivity contribution is -0.135. The van der Waals surface area contributed by atoms with Crippen LogP contribution in [0.4, 0.5) is 0 Å². The summed E-state index contributed by atoms with van der Waals surface area (Å²) in [5.74, 6) is -1.23. The first kappa shape index (κ1) is 21.3. The van der Waals surface area contributed by atoms with E-state index in [-0.39, 0.29) is 27.5 Å². The third kappa shape index (κ3) is 5.72. The molecule has 0 bridgehead atoms. The molecule has 0 aliphatic carbocycles. The molecule has 0 spiro atoms. The van der Waals surface area contributed by atoms with Crippen molar-refractivity contribution >= 4 is 52.5 Å². The Hall–Kier alpha value is -3.05. The number of carbonyl (C=O) groups is 3. The first-order chi connectivity index (χ1) is 13.3. The molecule has 1 saturated heterocycles. The van der Waals surface area contributed by atoms with Gasteiger partial charge in [0.05, 0.1) is 30.4 Å². The van der Waals surface area contributed by atoms with Gasteiger partial charge in [0, 0.05) is 17.7 Å². The average molecular weight is 427 g/mol. The topological polar surface area (TPSA) is 142 Å². The van der Waals surface area contributed by atoms with Crippen LogP contribution in [0.5, 0.6) is 11.5 Å². The summed E-state index contributed by atoms with van der Waals surface area (Å²) >= 11 is 7.10. The van der Waals surface area contributed by atoms with Gasteiger partial charge in [-0.3, -0.25) is 14.9 Å². The molecule has 0 atom stereocenters. The van der Waals surface area contributed by atoms with E-state index in [9.17, 15) is 14.4 Å². The highest BCUT2D eigenvalue weighted by Crippen LogP contribution is 2.32. The highest BCUT2D eigenvalue weighted by molar-refractivity contribution is 8.18. The number of hydrogen-bond acceptors (Lipinski definition) is 9. The highest BCUT2D eigenvalue weighted by Gasteiger charge is 2.25. The van der Waals surface area contributed by atoms with Crippen LogP contribution in [0.25, 0.3) is 0 Å². The van der Waals surface area contributed by atoms with Crippen LogP contribution >= 0.6 is 23.4 Å². The molecule has 2 amide bonds. The lowest BCUT2D eigenvalue weighted by Crippen LogP contribution is -2.20. The number of thioether (sulfide) groups is 1. The van der Waals surface area contributed by atoms with Crippen molar-refractivity contribution < 1.29 is 28.6 Å². The maximum Gasteiger partial charge on any atom is 0.331 e. The number of benzene rings is 1. The second kappa shape index (κ2) is 9.76. The Morgan fingerprint density at radius 1 is 1.32 bits per heavy atom. The predicted molar refractivity (Wildman–Crippen MR) is 104 cm³/mol. The molecule has 0 unspecified atom stereocenters. The van der Waals surface area contributed by atoms with E-state index in [2.05, 4.69) is 20.3 Å². The maximum atomic E-state index is 11.7. The van der Waals surface area contributed by atoms with Crippen LogP contribution in [0, 0.1) is 0 Å². The van der Waals surface area contributed by atoms with Crippen molar-refractivity contribution in [1.29, 1.82) is 0 Å². The first-order valence-electron chi connectivity index (χ1n) is 7.52. The molecule has 2 rings (SSSR count). The fourth-order valence-electron chi connectivity index (χ4n) is 1.86. The zero-order valence-corrected chi connectivity index (χ0v) is 16.3. The van der Waals surface area contributed by atoms with Crippen molar-refractivity contribution in [2.45, 2.75) is 0 Å². The van der Waals surface area contributed by atoms with Crippen LogP contribution in [0.15, 0.2) is 33.3 Å². The van der Waals surface area contributed by atoms with E-state index in [1.165, 1.54) is 32.6 Å². The number of nitrogens with zero attached hydrogens (tertiary/aromatic N) is 2. The van der Waals surface area contributed by atoms with Crippen LogP contribution in [0.2, 0.25) is 5.02 Å². The van der Waals surface area contributed by atoms with Gasteiger partial charge in [0.2, 0.25) is 0 Å². The highest BCUT2D eigenvalue weighted by atomic mass is 35.5. The van der Waals surface area contributed by atoms with Crippen LogP contribution < -0.4 is 20.5 Å². The monoisotopic (exact) mass is 426 g/mol. The third-order valence-electron chi connectivity index (χ3n) is 3.10. The predicted octanol–water partition coefficient (Wildman–Crippen LogP) is 0.823. The molecule has 1 aromatic rings. The first-order valence-corrected chi connectivity index (χ1v) is 8.72. The number of rotatable bonds is 7. The Bertz CT molecular complexity index is 899. The van der Waals surface area contributed by atoms with E-state index in [1.807, 2.05) is 0 Å². The molecule has 1 aliphatic rings. The van der Waals surface area contributed by atoms with Gasteiger partial charge in [-0.25, -0.2) is 4.79 Å². The van der Waals surface area contributed by atoms with Gasteiger partial charge in [0.25, 0.3) is 11.8 Å². The molecule has 0 saturated carbocycles. The molecule has 0 radical (unpaired) electrons. The van der Waals surface area contributed by atoms with Gasteiger partial charge in [-0.05, 0) is 17.8 Å². The van der Waals surface area contributed by atoms with Crippen LogP contribution in [-0.2, 0) is 19.1 Å². The van der Waals surface area contributed by atoms with Crippen LogP contribution in [-0.4, -0.2) is 50.0 Å². The third-order valence-corrected chi connectivity index (χ3v) is 4.33. The zero-order valence-electron chi connectivity index (χ0n) is 14.7. The number of nitrogens with two attached hydrogens (primary N) is 1. The quantitative estimate of drug-likeness (QED) is 0.284. The van der Waals surface area contributed by atoms with Gasteiger partial charge in [0.15, 0.2) is 23.3 Å². The lowest BCUT2D eigenvalue weighted by Gasteiger charge is -2.11. The Balaban J connectivity index is 2.15. The number of esters is 1. The second-order valence-corrected chi connectivity index (χ2v) is 6.46. The van der Waals surface area contributed by atoms with Crippen molar-refractivity contribution in [2.24, 2.45) is 15.9 Å². The van der Waals surface area contributed by atoms with Gasteiger partial charge in [-0.2, -0.15) is 5.10 Å². The second-order valence-electron chi connectivity index (χ2n) is 5.02. The molecule has 148 valence electrons. The minimum Gasteiger partial charge on any atom is -0.493 e.